The van der Waals surface area contributed by atoms with Crippen LogP contribution in [0.1, 0.15) is 210 Å². The number of benzene rings is 12. The Morgan fingerprint density at radius 3 is 1.24 bits per heavy atom. The van der Waals surface area contributed by atoms with Crippen LogP contribution in [0.25, 0.3) is 64.8 Å². The highest BCUT2D eigenvalue weighted by atomic mass is 32.1. The fourth-order valence-corrected chi connectivity index (χ4v) is 13.9. The second-order valence-electron chi connectivity index (χ2n) is 38.4. The molecule has 0 atom stereocenters. The first-order chi connectivity index (χ1) is 55.1. The Balaban J connectivity index is 0.000000153. The zero-order chi connectivity index (χ0) is 85.0. The van der Waals surface area contributed by atoms with Crippen LogP contribution in [0, 0.1) is 0 Å². The predicted molar refractivity (Wildman–Crippen MR) is 508 cm³/mol. The summed E-state index contributed by atoms with van der Waals surface area (Å²) in [6.07, 6.45) is 5.87. The first kappa shape index (κ1) is 90.0. The zero-order valence-corrected chi connectivity index (χ0v) is 75.2. The van der Waals surface area contributed by atoms with Crippen molar-refractivity contribution >= 4 is 53.9 Å². The van der Waals surface area contributed by atoms with E-state index in [0.717, 1.165) is 28.5 Å². The fraction of sp³-hybridized carbons (Fsp3) is 0.297. The molecule has 6 heteroatoms. The molecule has 12 aromatic carbocycles. The minimum absolute atomic E-state index is 0.161. The molecule has 0 bridgehead atoms. The molecule has 0 spiro atoms. The van der Waals surface area contributed by atoms with Gasteiger partial charge in [-0.05, 0) is 187 Å². The summed E-state index contributed by atoms with van der Waals surface area (Å²) in [6, 6.07) is 108. The molecule has 4 heterocycles. The Morgan fingerprint density at radius 1 is 0.265 bits per heavy atom. The largest absolute Gasteiger partial charge is 0.457 e. The van der Waals surface area contributed by atoms with Crippen LogP contribution in [0.5, 0.6) is 23.0 Å². The van der Waals surface area contributed by atoms with Gasteiger partial charge in [0.05, 0.1) is 5.52 Å². The number of ether oxygens (including phenoxy) is 3. The van der Waals surface area contributed by atoms with E-state index in [1.807, 2.05) is 96.7 Å². The van der Waals surface area contributed by atoms with E-state index in [2.05, 4.69) is 419 Å². The molecule has 0 amide bonds. The van der Waals surface area contributed by atoms with Gasteiger partial charge in [0.15, 0.2) is 11.5 Å². The second-order valence-corrected chi connectivity index (χ2v) is 39.5. The summed E-state index contributed by atoms with van der Waals surface area (Å²) in [6.45, 7) is 53.8. The zero-order valence-electron chi connectivity index (χ0n) is 74.4. The van der Waals surface area contributed by atoms with Crippen molar-refractivity contribution in [2.45, 2.75) is 209 Å². The Hall–Kier alpha value is -10.9. The average Bonchev–Trinajstić information content (AvgIpc) is 1.79. The lowest BCUT2D eigenvalue weighted by Crippen LogP contribution is -2.11. The maximum atomic E-state index is 5.75. The summed E-state index contributed by atoms with van der Waals surface area (Å²) in [5, 5.41) is 7.78. The van der Waals surface area contributed by atoms with E-state index in [0.29, 0.717) is 6.79 Å². The molecule has 3 aromatic heterocycles. The smallest absolute Gasteiger partial charge is 0.231 e. The minimum Gasteiger partial charge on any atom is -0.457 e. The van der Waals surface area contributed by atoms with Crippen molar-refractivity contribution in [3.63, 3.8) is 0 Å². The highest BCUT2D eigenvalue weighted by Gasteiger charge is 2.23. The van der Waals surface area contributed by atoms with E-state index in [4.69, 9.17) is 14.2 Å². The predicted octanol–water partition coefficient (Wildman–Crippen LogP) is 32.2. The molecule has 1 aliphatic heterocycles. The van der Waals surface area contributed by atoms with Crippen molar-refractivity contribution in [3.05, 3.63) is 372 Å². The molecule has 16 rings (SSSR count). The normalized spacial score (nSPS) is 12.0. The third kappa shape index (κ3) is 27.3. The lowest BCUT2D eigenvalue weighted by molar-refractivity contribution is 0.174. The summed E-state index contributed by atoms with van der Waals surface area (Å²) in [4.78, 5) is 10.2. The quantitative estimate of drug-likeness (QED) is 0.176. The van der Waals surface area contributed by atoms with Gasteiger partial charge in [-0.15, -0.1) is 11.3 Å². The lowest BCUT2D eigenvalue weighted by Gasteiger charge is -2.20. The number of hydrogen-bond donors (Lipinski definition) is 0. The number of hydrogen-bond acceptors (Lipinski definition) is 6. The van der Waals surface area contributed by atoms with Crippen LogP contribution >= 0.6 is 11.3 Å². The van der Waals surface area contributed by atoms with Crippen LogP contribution in [0.4, 0.5) is 0 Å². The number of nitrogens with zero attached hydrogens (tertiary/aromatic N) is 2. The molecule has 0 saturated heterocycles. The molecule has 0 saturated carbocycles. The summed E-state index contributed by atoms with van der Waals surface area (Å²) in [5.74, 6) is 3.47. The highest BCUT2D eigenvalue weighted by molar-refractivity contribution is 7.19. The molecule has 0 aliphatic carbocycles. The summed E-state index contributed by atoms with van der Waals surface area (Å²) >= 11 is 1.90. The molecular weight excluding hydrogens is 1440 g/mol. The van der Waals surface area contributed by atoms with Crippen LogP contribution in [0.3, 0.4) is 0 Å². The topological polar surface area (TPSA) is 53.5 Å². The van der Waals surface area contributed by atoms with Crippen molar-refractivity contribution in [1.82, 2.24) is 9.97 Å². The van der Waals surface area contributed by atoms with Gasteiger partial charge in [-0.25, -0.2) is 0 Å². The Kier molecular flexibility index (Phi) is 30.3. The Bertz CT molecular complexity index is 5430. The van der Waals surface area contributed by atoms with E-state index in [9.17, 15) is 0 Å². The maximum absolute atomic E-state index is 5.75. The number of para-hydroxylation sites is 2. The van der Waals surface area contributed by atoms with Gasteiger partial charge < -0.3 is 14.2 Å². The van der Waals surface area contributed by atoms with Gasteiger partial charge in [0.25, 0.3) is 0 Å². The molecule has 0 fully saturated rings. The van der Waals surface area contributed by atoms with E-state index in [-0.39, 0.29) is 43.3 Å². The highest BCUT2D eigenvalue weighted by Crippen LogP contribution is 2.38. The number of pyridine rings is 2. The number of rotatable bonds is 4. The minimum atomic E-state index is 0.161. The third-order valence-corrected chi connectivity index (χ3v) is 21.9. The van der Waals surface area contributed by atoms with Crippen LogP contribution in [-0.4, -0.2) is 16.8 Å². The molecule has 606 valence electrons. The van der Waals surface area contributed by atoms with Crippen LogP contribution in [0.15, 0.2) is 328 Å². The average molecular weight is 1570 g/mol. The summed E-state index contributed by atoms with van der Waals surface area (Å²) in [7, 11) is 0. The van der Waals surface area contributed by atoms with Gasteiger partial charge in [-0.2, -0.15) is 0 Å². The molecule has 0 radical (unpaired) electrons. The van der Waals surface area contributed by atoms with Gasteiger partial charge in [-0.1, -0.05) is 415 Å². The molecule has 117 heavy (non-hydrogen) atoms. The summed E-state index contributed by atoms with van der Waals surface area (Å²) in [5.41, 5.74) is 17.2. The first-order valence-corrected chi connectivity index (χ1v) is 42.1. The van der Waals surface area contributed by atoms with Gasteiger partial charge >= 0.3 is 0 Å². The van der Waals surface area contributed by atoms with E-state index >= 15 is 0 Å². The third-order valence-electron chi connectivity index (χ3n) is 20.3. The maximum Gasteiger partial charge on any atom is 0.231 e. The van der Waals surface area contributed by atoms with Crippen LogP contribution in [-0.2, 0) is 43.3 Å². The fourth-order valence-electron chi connectivity index (χ4n) is 12.8. The van der Waals surface area contributed by atoms with Gasteiger partial charge in [0, 0.05) is 38.9 Å². The van der Waals surface area contributed by atoms with E-state index < -0.39 is 0 Å². The standard InChI is InChI=1S/C16H18O.2C16H18.C14H16.2C13H15N.C12H14S.C11H14O2/c1-16(2,3)13-9-11-15(12-10-13)17-14-7-5-4-6-8-14;1-16(2,3)15-11-7-10-14(12-15)13-8-5-4-6-9-13;1-16(2,3)15-11-9-14(10-12-15)13-7-5-4-6-8-13;1-14(2,3)13-9-8-11-6-4-5-7-12(11)10-13;1-13(2,3)11-8-10-6-4-5-7-12(10)14-9-11;1-13(2,3)12-9-14-8-10-6-4-5-7-11(10)12;1-12(2,3)11-8-9-6-4-5-7-10(9)13-11;1-11(2,3)8-4-5-9-10(6-8)13-7-12-9/h4-12H,1-3H3;2*4-12H,1-3H3;4-10H,1-3H3;2*4-9H,1-3H3;4-8H,1-3H3;4-6H,7H2,1-3H3. The lowest BCUT2D eigenvalue weighted by atomic mass is 9.85. The van der Waals surface area contributed by atoms with Gasteiger partial charge in [0.1, 0.15) is 11.5 Å². The molecule has 0 unspecified atom stereocenters. The number of thiophene rings is 1. The van der Waals surface area contributed by atoms with Crippen LogP contribution < -0.4 is 14.2 Å². The van der Waals surface area contributed by atoms with E-state index in [1.54, 1.807) is 0 Å². The van der Waals surface area contributed by atoms with Crippen molar-refractivity contribution in [3.8, 4) is 45.3 Å². The number of aromatic nitrogens is 2. The molecular formula is C111H128N2O3S. The van der Waals surface area contributed by atoms with Crippen molar-refractivity contribution < 1.29 is 14.2 Å². The SMILES string of the molecule is CC(C)(C)c1cc2ccccc2s1.CC(C)(C)c1ccc(-c2ccccc2)cc1.CC(C)(C)c1ccc(Oc2ccccc2)cc1.CC(C)(C)c1ccc2c(c1)OCO2.CC(C)(C)c1ccc2ccccc2c1.CC(C)(C)c1cccc(-c2ccccc2)c1.CC(C)(C)c1cnc2ccccc2c1.CC(C)(C)c1cncc2ccccc12. The first-order valence-electron chi connectivity index (χ1n) is 41.3. The number of fused-ring (bicyclic) bond motifs is 5. The van der Waals surface area contributed by atoms with Crippen molar-refractivity contribution in [2.24, 2.45) is 0 Å². The van der Waals surface area contributed by atoms with Crippen LogP contribution in [0.2, 0.25) is 0 Å². The Morgan fingerprint density at radius 2 is 0.684 bits per heavy atom. The van der Waals surface area contributed by atoms with Crippen molar-refractivity contribution in [1.29, 1.82) is 0 Å². The molecule has 15 aromatic rings. The molecule has 1 aliphatic rings. The van der Waals surface area contributed by atoms with Crippen molar-refractivity contribution in [2.75, 3.05) is 6.79 Å². The molecule has 0 N–H and O–H groups in total. The summed E-state index contributed by atoms with van der Waals surface area (Å²) < 4.78 is 17.7. The van der Waals surface area contributed by atoms with Gasteiger partial charge in [0.2, 0.25) is 6.79 Å². The van der Waals surface area contributed by atoms with Gasteiger partial charge in [-0.3, -0.25) is 9.97 Å². The Labute approximate surface area is 706 Å². The van der Waals surface area contributed by atoms with E-state index in [1.165, 1.54) is 103 Å². The molecule has 5 nitrogen and oxygen atoms in total. The second kappa shape index (κ2) is 39.4. The monoisotopic (exact) mass is 1570 g/mol.